The molecule has 0 aromatic carbocycles. The monoisotopic (exact) mass is 235 g/mol. The van der Waals surface area contributed by atoms with Crippen LogP contribution in [0.5, 0.6) is 0 Å². The maximum Gasteiger partial charge on any atom is 0.270 e. The van der Waals surface area contributed by atoms with Crippen molar-refractivity contribution in [2.75, 3.05) is 12.4 Å². The van der Waals surface area contributed by atoms with E-state index in [9.17, 15) is 4.79 Å². The molecule has 1 aromatic heterocycles. The highest BCUT2D eigenvalue weighted by Gasteiger charge is 2.22. The topological polar surface area (TPSA) is 54.0 Å². The molecule has 0 radical (unpaired) electrons. The van der Waals surface area contributed by atoms with Crippen LogP contribution in [0.25, 0.3) is 0 Å². The molecule has 0 aliphatic rings. The standard InChI is InChI=1S/C13H21N3O/c1-9(13(2,3)4)16-12(17)11-7-6-10(14-5)8-15-11/h6-9,14H,1-5H3,(H,16,17). The van der Waals surface area contributed by atoms with Crippen LogP contribution in [0.1, 0.15) is 38.2 Å². The first-order chi connectivity index (χ1) is 7.84. The Hall–Kier alpha value is -1.58. The lowest BCUT2D eigenvalue weighted by Crippen LogP contribution is -2.41. The minimum atomic E-state index is -0.130. The summed E-state index contributed by atoms with van der Waals surface area (Å²) in [7, 11) is 1.82. The molecule has 1 heterocycles. The van der Waals surface area contributed by atoms with E-state index in [1.165, 1.54) is 0 Å². The molecule has 94 valence electrons. The quantitative estimate of drug-likeness (QED) is 0.845. The molecule has 0 aliphatic heterocycles. The van der Waals surface area contributed by atoms with Gasteiger partial charge in [0.05, 0.1) is 11.9 Å². The third-order valence-electron chi connectivity index (χ3n) is 2.93. The Morgan fingerprint density at radius 3 is 2.41 bits per heavy atom. The highest BCUT2D eigenvalue weighted by Crippen LogP contribution is 2.18. The second kappa shape index (κ2) is 5.17. The molecular weight excluding hydrogens is 214 g/mol. The number of amides is 1. The van der Waals surface area contributed by atoms with Gasteiger partial charge in [0.15, 0.2) is 0 Å². The lowest BCUT2D eigenvalue weighted by atomic mass is 9.88. The number of nitrogens with zero attached hydrogens (tertiary/aromatic N) is 1. The number of nitrogens with one attached hydrogen (secondary N) is 2. The molecule has 0 saturated carbocycles. The first-order valence-electron chi connectivity index (χ1n) is 5.79. The zero-order valence-electron chi connectivity index (χ0n) is 11.2. The molecule has 0 aliphatic carbocycles. The van der Waals surface area contributed by atoms with Crippen LogP contribution in [0, 0.1) is 5.41 Å². The lowest BCUT2D eigenvalue weighted by molar-refractivity contribution is 0.0905. The van der Waals surface area contributed by atoms with Gasteiger partial charge in [0, 0.05) is 13.1 Å². The highest BCUT2D eigenvalue weighted by atomic mass is 16.1. The van der Waals surface area contributed by atoms with Crippen LogP contribution in [-0.2, 0) is 0 Å². The number of carbonyl (C=O) groups is 1. The fourth-order valence-corrected chi connectivity index (χ4v) is 1.16. The summed E-state index contributed by atoms with van der Waals surface area (Å²) in [6.45, 7) is 8.28. The number of rotatable bonds is 3. The number of hydrogen-bond acceptors (Lipinski definition) is 3. The zero-order valence-corrected chi connectivity index (χ0v) is 11.2. The summed E-state index contributed by atoms with van der Waals surface area (Å²) < 4.78 is 0. The molecule has 1 amide bonds. The minimum absolute atomic E-state index is 0.0422. The van der Waals surface area contributed by atoms with Gasteiger partial charge in [-0.15, -0.1) is 0 Å². The molecule has 0 spiro atoms. The van der Waals surface area contributed by atoms with E-state index >= 15 is 0 Å². The summed E-state index contributed by atoms with van der Waals surface area (Å²) in [5.41, 5.74) is 1.38. The molecule has 4 nitrogen and oxygen atoms in total. The average Bonchev–Trinajstić information content (AvgIpc) is 2.27. The smallest absolute Gasteiger partial charge is 0.270 e. The molecule has 2 N–H and O–H groups in total. The van der Waals surface area contributed by atoms with E-state index in [2.05, 4.69) is 36.4 Å². The van der Waals surface area contributed by atoms with E-state index < -0.39 is 0 Å². The highest BCUT2D eigenvalue weighted by molar-refractivity contribution is 5.92. The maximum absolute atomic E-state index is 11.9. The van der Waals surface area contributed by atoms with Crippen LogP contribution >= 0.6 is 0 Å². The number of anilines is 1. The van der Waals surface area contributed by atoms with Crippen LogP contribution in [0.15, 0.2) is 18.3 Å². The van der Waals surface area contributed by atoms with Crippen molar-refractivity contribution in [3.8, 4) is 0 Å². The molecule has 1 aromatic rings. The number of carbonyl (C=O) groups excluding carboxylic acids is 1. The molecular formula is C13H21N3O. The SMILES string of the molecule is CNc1ccc(C(=O)NC(C)C(C)(C)C)nc1. The average molecular weight is 235 g/mol. The van der Waals surface area contributed by atoms with Gasteiger partial charge in [-0.25, -0.2) is 4.98 Å². The van der Waals surface area contributed by atoms with Crippen molar-refractivity contribution in [2.45, 2.75) is 33.7 Å². The van der Waals surface area contributed by atoms with Gasteiger partial charge in [0.25, 0.3) is 5.91 Å². The molecule has 0 saturated heterocycles. The van der Waals surface area contributed by atoms with E-state index in [0.717, 1.165) is 5.69 Å². The molecule has 1 atom stereocenters. The minimum Gasteiger partial charge on any atom is -0.387 e. The van der Waals surface area contributed by atoms with E-state index in [1.54, 1.807) is 12.3 Å². The normalized spacial score (nSPS) is 13.0. The summed E-state index contributed by atoms with van der Waals surface area (Å²) in [6.07, 6.45) is 1.65. The Balaban J connectivity index is 2.70. The Labute approximate surface area is 103 Å². The molecule has 0 bridgehead atoms. The van der Waals surface area contributed by atoms with Crippen LogP contribution in [0.4, 0.5) is 5.69 Å². The maximum atomic E-state index is 11.9. The third kappa shape index (κ3) is 3.73. The van der Waals surface area contributed by atoms with Crippen molar-refractivity contribution in [2.24, 2.45) is 5.41 Å². The molecule has 1 rings (SSSR count). The van der Waals surface area contributed by atoms with Crippen LogP contribution in [0.2, 0.25) is 0 Å². The van der Waals surface area contributed by atoms with E-state index in [4.69, 9.17) is 0 Å². The predicted octanol–water partition coefficient (Wildman–Crippen LogP) is 2.29. The van der Waals surface area contributed by atoms with Crippen molar-refractivity contribution in [1.29, 1.82) is 0 Å². The summed E-state index contributed by atoms with van der Waals surface area (Å²) in [5.74, 6) is -0.130. The lowest BCUT2D eigenvalue weighted by Gasteiger charge is -2.27. The van der Waals surface area contributed by atoms with Gasteiger partial charge in [0.1, 0.15) is 5.69 Å². The Bertz CT molecular complexity index is 379. The van der Waals surface area contributed by atoms with Gasteiger partial charge in [-0.3, -0.25) is 4.79 Å². The van der Waals surface area contributed by atoms with E-state index in [-0.39, 0.29) is 17.4 Å². The molecule has 0 fully saturated rings. The summed E-state index contributed by atoms with van der Waals surface area (Å²) in [5, 5.41) is 5.92. The van der Waals surface area contributed by atoms with Gasteiger partial charge < -0.3 is 10.6 Å². The summed E-state index contributed by atoms with van der Waals surface area (Å²) >= 11 is 0. The van der Waals surface area contributed by atoms with Crippen molar-refractivity contribution >= 4 is 11.6 Å². The van der Waals surface area contributed by atoms with Gasteiger partial charge >= 0.3 is 0 Å². The Morgan fingerprint density at radius 2 is 2.00 bits per heavy atom. The second-order valence-electron chi connectivity index (χ2n) is 5.24. The second-order valence-corrected chi connectivity index (χ2v) is 5.24. The van der Waals surface area contributed by atoms with Crippen LogP contribution < -0.4 is 10.6 Å². The summed E-state index contributed by atoms with van der Waals surface area (Å²) in [4.78, 5) is 16.0. The van der Waals surface area contributed by atoms with Gasteiger partial charge in [-0.05, 0) is 24.5 Å². The Kier molecular flexibility index (Phi) is 4.10. The van der Waals surface area contributed by atoms with Crippen molar-refractivity contribution in [3.05, 3.63) is 24.0 Å². The van der Waals surface area contributed by atoms with Gasteiger partial charge in [-0.2, -0.15) is 0 Å². The van der Waals surface area contributed by atoms with Gasteiger partial charge in [0.2, 0.25) is 0 Å². The molecule has 4 heteroatoms. The zero-order chi connectivity index (χ0) is 13.1. The fraction of sp³-hybridized carbons (Fsp3) is 0.538. The third-order valence-corrected chi connectivity index (χ3v) is 2.93. The summed E-state index contributed by atoms with van der Waals surface area (Å²) in [6, 6.07) is 3.65. The van der Waals surface area contributed by atoms with Gasteiger partial charge in [-0.1, -0.05) is 20.8 Å². The molecule has 1 unspecified atom stereocenters. The number of pyridine rings is 1. The predicted molar refractivity (Wildman–Crippen MR) is 70.2 cm³/mol. The Morgan fingerprint density at radius 1 is 1.35 bits per heavy atom. The first kappa shape index (κ1) is 13.5. The van der Waals surface area contributed by atoms with Crippen molar-refractivity contribution < 1.29 is 4.79 Å². The van der Waals surface area contributed by atoms with Crippen molar-refractivity contribution in [1.82, 2.24) is 10.3 Å². The fourth-order valence-electron chi connectivity index (χ4n) is 1.16. The molecule has 17 heavy (non-hydrogen) atoms. The number of aromatic nitrogens is 1. The van der Waals surface area contributed by atoms with E-state index in [0.29, 0.717) is 5.69 Å². The van der Waals surface area contributed by atoms with Crippen LogP contribution in [-0.4, -0.2) is 24.0 Å². The van der Waals surface area contributed by atoms with Crippen LogP contribution in [0.3, 0.4) is 0 Å². The van der Waals surface area contributed by atoms with E-state index in [1.807, 2.05) is 20.0 Å². The van der Waals surface area contributed by atoms with Crippen molar-refractivity contribution in [3.63, 3.8) is 0 Å². The largest absolute Gasteiger partial charge is 0.387 e. The number of hydrogen-bond donors (Lipinski definition) is 2. The first-order valence-corrected chi connectivity index (χ1v) is 5.79.